The van der Waals surface area contributed by atoms with Gasteiger partial charge >= 0.3 is 18.2 Å². The molecule has 4 rings (SSSR count). The molecule has 0 spiro atoms. The highest BCUT2D eigenvalue weighted by atomic mass is 32.1. The van der Waals surface area contributed by atoms with Crippen molar-refractivity contribution in [2.45, 2.75) is 32.5 Å². The van der Waals surface area contributed by atoms with E-state index < -0.39 is 40.9 Å². The van der Waals surface area contributed by atoms with E-state index >= 15 is 0 Å². The minimum atomic E-state index is -4.67. The number of aliphatic hydroxyl groups excluding tert-OH is 1. The van der Waals surface area contributed by atoms with E-state index in [1.54, 1.807) is 26.0 Å². The van der Waals surface area contributed by atoms with Crippen LogP contribution in [0.25, 0.3) is 32.6 Å². The average molecular weight is 576 g/mol. The van der Waals surface area contributed by atoms with Crippen LogP contribution in [0.1, 0.15) is 42.4 Å². The monoisotopic (exact) mass is 575 g/mol. The van der Waals surface area contributed by atoms with Gasteiger partial charge in [-0.1, -0.05) is 13.0 Å². The molecule has 0 fully saturated rings. The highest BCUT2D eigenvalue weighted by Gasteiger charge is 2.34. The number of amides is 2. The molecule has 210 valence electrons. The summed E-state index contributed by atoms with van der Waals surface area (Å²) in [6.07, 6.45) is -1.70. The first kappa shape index (κ1) is 28.7. The van der Waals surface area contributed by atoms with Crippen LogP contribution in [-0.4, -0.2) is 49.9 Å². The lowest BCUT2D eigenvalue weighted by Crippen LogP contribution is -2.28. The molecule has 3 heterocycles. The second kappa shape index (κ2) is 11.4. The molecule has 1 atom stereocenters. The third-order valence-electron chi connectivity index (χ3n) is 6.16. The van der Waals surface area contributed by atoms with Gasteiger partial charge in [-0.3, -0.25) is 10.1 Å². The third-order valence-corrected chi connectivity index (χ3v) is 7.03. The minimum absolute atomic E-state index is 0.00760. The molecule has 0 bridgehead atoms. The van der Waals surface area contributed by atoms with Crippen LogP contribution in [0, 0.1) is 0 Å². The Morgan fingerprint density at radius 3 is 2.52 bits per heavy atom. The molecule has 4 N–H and O–H groups in total. The SMILES string of the molecule is CCNC(=O)Nc1cc(-c2nc(C(F)(F)F)cs2)c(-c2ccc3c(c2)c(=O)c(C(=O)O)cn3[C@H](CC)CO)cn1. The molecule has 0 aliphatic carbocycles. The van der Waals surface area contributed by atoms with Crippen molar-refractivity contribution in [2.75, 3.05) is 18.5 Å². The van der Waals surface area contributed by atoms with Crippen LogP contribution in [0.4, 0.5) is 23.8 Å². The van der Waals surface area contributed by atoms with Crippen molar-refractivity contribution in [1.29, 1.82) is 0 Å². The number of thiazole rings is 1. The Morgan fingerprint density at radius 1 is 1.18 bits per heavy atom. The maximum Gasteiger partial charge on any atom is 0.434 e. The van der Waals surface area contributed by atoms with Crippen LogP contribution in [0.3, 0.4) is 0 Å². The van der Waals surface area contributed by atoms with Gasteiger partial charge in [0.05, 0.1) is 18.2 Å². The number of aromatic nitrogens is 3. The molecule has 0 aliphatic heterocycles. The Labute approximate surface area is 229 Å². The number of fused-ring (bicyclic) bond motifs is 1. The molecular weight excluding hydrogens is 551 g/mol. The maximum absolute atomic E-state index is 13.3. The number of urea groups is 1. The zero-order chi connectivity index (χ0) is 29.2. The number of aromatic carboxylic acids is 1. The number of hydrogen-bond acceptors (Lipinski definition) is 7. The van der Waals surface area contributed by atoms with Crippen LogP contribution in [0.5, 0.6) is 0 Å². The molecule has 0 saturated heterocycles. The minimum Gasteiger partial charge on any atom is -0.477 e. The van der Waals surface area contributed by atoms with E-state index in [4.69, 9.17) is 0 Å². The molecule has 14 heteroatoms. The van der Waals surface area contributed by atoms with Gasteiger partial charge in [0.1, 0.15) is 16.4 Å². The number of alkyl halides is 3. The summed E-state index contributed by atoms with van der Waals surface area (Å²) in [7, 11) is 0. The van der Waals surface area contributed by atoms with Crippen molar-refractivity contribution in [2.24, 2.45) is 0 Å². The second-order valence-electron chi connectivity index (χ2n) is 8.70. The fraction of sp³-hybridized carbons (Fsp3) is 0.269. The summed E-state index contributed by atoms with van der Waals surface area (Å²) < 4.78 is 41.5. The summed E-state index contributed by atoms with van der Waals surface area (Å²) in [5.41, 5.74) is -1.11. The smallest absolute Gasteiger partial charge is 0.434 e. The standard InChI is InChI=1S/C26H24F3N5O5S/c1-3-14(11-35)34-10-18(24(37)38)22(36)16-7-13(5-6-19(16)34)17-9-31-21(33-25(39)30-4-2)8-15(17)23-32-20(12-40-23)26(27,28)29/h5-10,12,14,35H,3-4,11H2,1-2H3,(H,37,38)(H2,30,31,33,39)/t14-/m1/s1. The molecular formula is C26H24F3N5O5S. The Morgan fingerprint density at radius 2 is 1.93 bits per heavy atom. The van der Waals surface area contributed by atoms with Crippen LogP contribution >= 0.6 is 11.3 Å². The van der Waals surface area contributed by atoms with Gasteiger partial charge < -0.3 is 20.1 Å². The topological polar surface area (TPSA) is 146 Å². The van der Waals surface area contributed by atoms with Gasteiger partial charge in [-0.2, -0.15) is 13.2 Å². The number of rotatable bonds is 8. The van der Waals surface area contributed by atoms with E-state index in [9.17, 15) is 37.8 Å². The molecule has 0 saturated carbocycles. The van der Waals surface area contributed by atoms with Crippen LogP contribution in [-0.2, 0) is 6.18 Å². The number of carbonyl (C=O) groups excluding carboxylic acids is 1. The first-order valence-electron chi connectivity index (χ1n) is 12.1. The van der Waals surface area contributed by atoms with E-state index in [2.05, 4.69) is 20.6 Å². The van der Waals surface area contributed by atoms with Crippen LogP contribution < -0.4 is 16.1 Å². The van der Waals surface area contributed by atoms with Crippen molar-refractivity contribution >= 4 is 40.1 Å². The predicted octanol–water partition coefficient (Wildman–Crippen LogP) is 4.99. The quantitative estimate of drug-likeness (QED) is 0.232. The molecule has 0 unspecified atom stereocenters. The number of aliphatic hydroxyl groups is 1. The number of anilines is 1. The largest absolute Gasteiger partial charge is 0.477 e. The maximum atomic E-state index is 13.3. The van der Waals surface area contributed by atoms with E-state index in [0.717, 1.165) is 16.7 Å². The van der Waals surface area contributed by atoms with Crippen molar-refractivity contribution in [3.05, 3.63) is 63.5 Å². The van der Waals surface area contributed by atoms with Crippen LogP contribution in [0.15, 0.2) is 46.8 Å². The van der Waals surface area contributed by atoms with Gasteiger partial charge in [-0.25, -0.2) is 19.6 Å². The number of hydrogen-bond donors (Lipinski definition) is 4. The summed E-state index contributed by atoms with van der Waals surface area (Å²) in [5, 5.41) is 25.4. The van der Waals surface area contributed by atoms with Crippen molar-refractivity contribution < 1.29 is 33.0 Å². The normalized spacial score (nSPS) is 12.3. The lowest BCUT2D eigenvalue weighted by Gasteiger charge is -2.20. The first-order valence-corrected chi connectivity index (χ1v) is 13.0. The number of pyridine rings is 2. The lowest BCUT2D eigenvalue weighted by molar-refractivity contribution is -0.140. The summed E-state index contributed by atoms with van der Waals surface area (Å²) >= 11 is 0.743. The van der Waals surface area contributed by atoms with Gasteiger partial charge in [-0.05, 0) is 37.1 Å². The number of halogens is 3. The van der Waals surface area contributed by atoms with Crippen molar-refractivity contribution in [1.82, 2.24) is 19.9 Å². The molecule has 2 amide bonds. The zero-order valence-corrected chi connectivity index (χ0v) is 22.1. The number of benzene rings is 1. The number of nitrogens with zero attached hydrogens (tertiary/aromatic N) is 3. The first-order chi connectivity index (χ1) is 19.0. The second-order valence-corrected chi connectivity index (χ2v) is 9.55. The Bertz CT molecular complexity index is 1650. The molecule has 1 aromatic carbocycles. The third kappa shape index (κ3) is 5.67. The summed E-state index contributed by atoms with van der Waals surface area (Å²) in [6.45, 7) is 3.55. The highest BCUT2D eigenvalue weighted by molar-refractivity contribution is 7.13. The molecule has 40 heavy (non-hydrogen) atoms. The van der Waals surface area contributed by atoms with Gasteiger partial charge in [0, 0.05) is 40.8 Å². The van der Waals surface area contributed by atoms with Gasteiger partial charge in [0.15, 0.2) is 5.69 Å². The fourth-order valence-corrected chi connectivity index (χ4v) is 5.03. The number of carbonyl (C=O) groups is 2. The Balaban J connectivity index is 1.95. The van der Waals surface area contributed by atoms with E-state index in [1.807, 2.05) is 0 Å². The van der Waals surface area contributed by atoms with Gasteiger partial charge in [0.25, 0.3) is 0 Å². The van der Waals surface area contributed by atoms with E-state index in [1.165, 1.54) is 29.1 Å². The Hall–Kier alpha value is -4.30. The van der Waals surface area contributed by atoms with E-state index in [0.29, 0.717) is 29.6 Å². The average Bonchev–Trinajstić information content (AvgIpc) is 3.41. The number of carboxylic acid groups (broad SMARTS) is 1. The molecule has 0 aliphatic rings. The summed E-state index contributed by atoms with van der Waals surface area (Å²) in [6, 6.07) is 4.92. The van der Waals surface area contributed by atoms with Crippen molar-refractivity contribution in [3.63, 3.8) is 0 Å². The Kier molecular flexibility index (Phi) is 8.21. The van der Waals surface area contributed by atoms with Crippen molar-refractivity contribution in [3.8, 4) is 21.7 Å². The molecule has 3 aromatic heterocycles. The van der Waals surface area contributed by atoms with Gasteiger partial charge in [-0.15, -0.1) is 11.3 Å². The molecule has 4 aromatic rings. The summed E-state index contributed by atoms with van der Waals surface area (Å²) in [5.74, 6) is -1.39. The number of nitrogens with one attached hydrogen (secondary N) is 2. The highest BCUT2D eigenvalue weighted by Crippen LogP contribution is 2.39. The van der Waals surface area contributed by atoms with E-state index in [-0.39, 0.29) is 28.4 Å². The fourth-order valence-electron chi connectivity index (χ4n) is 4.17. The van der Waals surface area contributed by atoms with Crippen LogP contribution in [0.2, 0.25) is 0 Å². The summed E-state index contributed by atoms with van der Waals surface area (Å²) in [4.78, 5) is 45.0. The number of carboxylic acids is 1. The molecule has 10 nitrogen and oxygen atoms in total. The predicted molar refractivity (Wildman–Crippen MR) is 144 cm³/mol. The lowest BCUT2D eigenvalue weighted by atomic mass is 9.99. The zero-order valence-electron chi connectivity index (χ0n) is 21.2. The molecule has 0 radical (unpaired) electrons. The van der Waals surface area contributed by atoms with Gasteiger partial charge in [0.2, 0.25) is 5.43 Å².